The lowest BCUT2D eigenvalue weighted by Gasteiger charge is -2.51. The van der Waals surface area contributed by atoms with Crippen molar-refractivity contribution in [1.29, 1.82) is 0 Å². The fourth-order valence-electron chi connectivity index (χ4n) is 2.68. The van der Waals surface area contributed by atoms with Crippen LogP contribution < -0.4 is 0 Å². The van der Waals surface area contributed by atoms with Crippen LogP contribution in [0.3, 0.4) is 0 Å². The number of likely N-dealkylation sites (tertiary alicyclic amines) is 1. The zero-order chi connectivity index (χ0) is 12.7. The molecule has 2 fully saturated rings. The first-order valence-electron chi connectivity index (χ1n) is 6.44. The van der Waals surface area contributed by atoms with Crippen molar-refractivity contribution in [2.45, 2.75) is 56.9 Å². The summed E-state index contributed by atoms with van der Waals surface area (Å²) < 4.78 is 5.41. The van der Waals surface area contributed by atoms with Crippen LogP contribution in [0.2, 0.25) is 0 Å². The number of nitrogens with zero attached hydrogens (tertiary/aromatic N) is 1. The van der Waals surface area contributed by atoms with Crippen molar-refractivity contribution in [2.75, 3.05) is 13.1 Å². The fraction of sp³-hybridized carbons (Fsp3) is 0.923. The number of rotatable bonds is 0. The summed E-state index contributed by atoms with van der Waals surface area (Å²) in [4.78, 5) is 14.2. The van der Waals surface area contributed by atoms with Crippen LogP contribution in [0.5, 0.6) is 0 Å². The highest BCUT2D eigenvalue weighted by Crippen LogP contribution is 2.51. The molecule has 0 bridgehead atoms. The van der Waals surface area contributed by atoms with E-state index in [1.54, 1.807) is 0 Å². The number of hydrogen-bond donors (Lipinski definition) is 0. The maximum absolute atomic E-state index is 12.0. The Hall–Kier alpha value is -0.250. The molecule has 1 atom stereocenters. The Morgan fingerprint density at radius 2 is 2.00 bits per heavy atom. The Kier molecular flexibility index (Phi) is 3.45. The molecule has 17 heavy (non-hydrogen) atoms. The van der Waals surface area contributed by atoms with Crippen molar-refractivity contribution < 1.29 is 9.53 Å². The van der Waals surface area contributed by atoms with Gasteiger partial charge in [0.25, 0.3) is 0 Å². The van der Waals surface area contributed by atoms with Crippen LogP contribution in [0.15, 0.2) is 0 Å². The Balaban J connectivity index is 1.91. The van der Waals surface area contributed by atoms with Gasteiger partial charge in [0.1, 0.15) is 5.60 Å². The second-order valence-electron chi connectivity index (χ2n) is 6.36. The Morgan fingerprint density at radius 1 is 1.35 bits per heavy atom. The van der Waals surface area contributed by atoms with Gasteiger partial charge in [-0.3, -0.25) is 0 Å². The summed E-state index contributed by atoms with van der Waals surface area (Å²) in [7, 11) is 0. The van der Waals surface area contributed by atoms with Crippen LogP contribution in [-0.2, 0) is 4.74 Å². The van der Waals surface area contributed by atoms with Gasteiger partial charge in [-0.2, -0.15) is 0 Å². The highest BCUT2D eigenvalue weighted by Gasteiger charge is 2.47. The van der Waals surface area contributed by atoms with E-state index in [0.717, 1.165) is 19.5 Å². The molecule has 2 aliphatic rings. The molecule has 1 saturated carbocycles. The van der Waals surface area contributed by atoms with Gasteiger partial charge in [0.15, 0.2) is 0 Å². The minimum atomic E-state index is -0.398. The molecule has 1 aliphatic carbocycles. The van der Waals surface area contributed by atoms with Gasteiger partial charge in [0, 0.05) is 17.9 Å². The first-order valence-corrected chi connectivity index (χ1v) is 7.36. The largest absolute Gasteiger partial charge is 0.444 e. The lowest BCUT2D eigenvalue weighted by atomic mass is 9.63. The molecule has 98 valence electrons. The van der Waals surface area contributed by atoms with E-state index in [1.165, 1.54) is 19.3 Å². The van der Waals surface area contributed by atoms with Gasteiger partial charge in [-0.15, -0.1) is 0 Å². The van der Waals surface area contributed by atoms with Gasteiger partial charge in [0.2, 0.25) is 0 Å². The Bertz CT molecular complexity index is 307. The number of piperidine rings is 1. The van der Waals surface area contributed by atoms with E-state index in [1.807, 2.05) is 25.7 Å². The number of halogens is 1. The van der Waals surface area contributed by atoms with Crippen LogP contribution in [0.4, 0.5) is 4.79 Å². The Labute approximate surface area is 112 Å². The van der Waals surface area contributed by atoms with E-state index in [-0.39, 0.29) is 6.09 Å². The number of carbonyl (C=O) groups excluding carboxylic acids is 1. The highest BCUT2D eigenvalue weighted by atomic mass is 79.9. The number of amides is 1. The monoisotopic (exact) mass is 303 g/mol. The number of carbonyl (C=O) groups is 1. The lowest BCUT2D eigenvalue weighted by Crippen LogP contribution is -2.53. The van der Waals surface area contributed by atoms with Crippen molar-refractivity contribution in [3.8, 4) is 0 Å². The van der Waals surface area contributed by atoms with Crippen molar-refractivity contribution >= 4 is 22.0 Å². The molecular formula is C13H22BrNO2. The molecule has 1 saturated heterocycles. The molecule has 0 N–H and O–H groups in total. The molecule has 1 unspecified atom stereocenters. The van der Waals surface area contributed by atoms with Crippen LogP contribution in [0.1, 0.15) is 46.5 Å². The zero-order valence-corrected chi connectivity index (χ0v) is 12.5. The van der Waals surface area contributed by atoms with E-state index >= 15 is 0 Å². The molecular weight excluding hydrogens is 282 g/mol. The molecule has 3 nitrogen and oxygen atoms in total. The predicted octanol–water partition coefficient (Wildman–Crippen LogP) is 3.56. The molecule has 2 rings (SSSR count). The quantitative estimate of drug-likeness (QED) is 0.640. The summed E-state index contributed by atoms with van der Waals surface area (Å²) in [6, 6.07) is 0. The van der Waals surface area contributed by atoms with E-state index in [0.29, 0.717) is 10.2 Å². The maximum Gasteiger partial charge on any atom is 0.410 e. The summed E-state index contributed by atoms with van der Waals surface area (Å²) >= 11 is 3.76. The van der Waals surface area contributed by atoms with Gasteiger partial charge in [-0.1, -0.05) is 22.4 Å². The Morgan fingerprint density at radius 3 is 2.41 bits per heavy atom. The fourth-order valence-corrected chi connectivity index (χ4v) is 3.72. The summed E-state index contributed by atoms with van der Waals surface area (Å²) in [6.07, 6.45) is 4.91. The molecule has 0 radical (unpaired) electrons. The van der Waals surface area contributed by atoms with E-state index in [2.05, 4.69) is 15.9 Å². The third-order valence-electron chi connectivity index (χ3n) is 3.93. The normalized spacial score (nSPS) is 27.8. The molecule has 0 aromatic rings. The molecule has 1 heterocycles. The summed E-state index contributed by atoms with van der Waals surface area (Å²) in [5.41, 5.74) is 0.0724. The molecule has 4 heteroatoms. The lowest BCUT2D eigenvalue weighted by molar-refractivity contribution is -0.00112. The standard InChI is InChI=1S/C13H22BrNO2/c1-12(2,3)17-11(16)15-8-7-13(5-4-6-13)10(14)9-15/h10H,4-9H2,1-3H3. The van der Waals surface area contributed by atoms with Gasteiger partial charge in [-0.05, 0) is 45.4 Å². The minimum absolute atomic E-state index is 0.170. The predicted molar refractivity (Wildman–Crippen MR) is 71.4 cm³/mol. The maximum atomic E-state index is 12.0. The first-order chi connectivity index (χ1) is 7.82. The average Bonchev–Trinajstić information content (AvgIpc) is 2.12. The molecule has 0 aromatic heterocycles. The number of ether oxygens (including phenoxy) is 1. The van der Waals surface area contributed by atoms with Gasteiger partial charge in [-0.25, -0.2) is 4.79 Å². The second kappa shape index (κ2) is 4.45. The van der Waals surface area contributed by atoms with Gasteiger partial charge < -0.3 is 9.64 Å². The van der Waals surface area contributed by atoms with E-state index in [9.17, 15) is 4.79 Å². The van der Waals surface area contributed by atoms with Gasteiger partial charge in [0.05, 0.1) is 0 Å². The molecule has 1 aliphatic heterocycles. The van der Waals surface area contributed by atoms with E-state index in [4.69, 9.17) is 4.74 Å². The van der Waals surface area contributed by atoms with Crippen molar-refractivity contribution in [3.05, 3.63) is 0 Å². The van der Waals surface area contributed by atoms with Crippen molar-refractivity contribution in [3.63, 3.8) is 0 Å². The van der Waals surface area contributed by atoms with Crippen molar-refractivity contribution in [1.82, 2.24) is 4.90 Å². The van der Waals surface area contributed by atoms with E-state index < -0.39 is 5.60 Å². The molecule has 1 amide bonds. The third-order valence-corrected chi connectivity index (χ3v) is 5.19. The van der Waals surface area contributed by atoms with Crippen LogP contribution in [0, 0.1) is 5.41 Å². The van der Waals surface area contributed by atoms with Crippen molar-refractivity contribution in [2.24, 2.45) is 5.41 Å². The molecule has 1 spiro atoms. The van der Waals surface area contributed by atoms with Crippen LogP contribution in [-0.4, -0.2) is 34.5 Å². The topological polar surface area (TPSA) is 29.5 Å². The first kappa shape index (κ1) is 13.2. The number of hydrogen-bond acceptors (Lipinski definition) is 2. The van der Waals surface area contributed by atoms with Gasteiger partial charge >= 0.3 is 6.09 Å². The SMILES string of the molecule is CC(C)(C)OC(=O)N1CCC2(CCC2)C(Br)C1. The summed E-state index contributed by atoms with van der Waals surface area (Å²) in [6.45, 7) is 7.36. The zero-order valence-electron chi connectivity index (χ0n) is 11.0. The second-order valence-corrected chi connectivity index (χ2v) is 7.47. The number of alkyl halides is 1. The minimum Gasteiger partial charge on any atom is -0.444 e. The van der Waals surface area contributed by atoms with Crippen LogP contribution in [0.25, 0.3) is 0 Å². The summed E-state index contributed by atoms with van der Waals surface area (Å²) in [5.74, 6) is 0. The third kappa shape index (κ3) is 2.78. The smallest absolute Gasteiger partial charge is 0.410 e. The highest BCUT2D eigenvalue weighted by molar-refractivity contribution is 9.09. The summed E-state index contributed by atoms with van der Waals surface area (Å²) in [5, 5.41) is 0. The van der Waals surface area contributed by atoms with Crippen LogP contribution >= 0.6 is 15.9 Å². The average molecular weight is 304 g/mol. The molecule has 0 aromatic carbocycles.